The highest BCUT2D eigenvalue weighted by Crippen LogP contribution is 2.22. The molecule has 0 radical (unpaired) electrons. The Kier molecular flexibility index (Phi) is 3.52. The van der Waals surface area contributed by atoms with Crippen LogP contribution in [0, 0.1) is 5.82 Å². The molecule has 1 aromatic heterocycles. The second kappa shape index (κ2) is 5.09. The molecule has 0 aliphatic carbocycles. The zero-order valence-electron chi connectivity index (χ0n) is 8.89. The van der Waals surface area contributed by atoms with Crippen LogP contribution in [-0.4, -0.2) is 21.0 Å². The average molecular weight is 312 g/mol. The number of benzene rings is 1. The van der Waals surface area contributed by atoms with Crippen molar-refractivity contribution in [1.82, 2.24) is 9.97 Å². The van der Waals surface area contributed by atoms with Gasteiger partial charge in [-0.2, -0.15) is 0 Å². The van der Waals surface area contributed by atoms with Crippen LogP contribution in [0.3, 0.4) is 0 Å². The van der Waals surface area contributed by atoms with Crippen LogP contribution in [0.15, 0.2) is 35.1 Å². The molecular formula is C11H7BrFN3O2. The van der Waals surface area contributed by atoms with Crippen molar-refractivity contribution in [1.29, 1.82) is 0 Å². The van der Waals surface area contributed by atoms with Gasteiger partial charge in [-0.25, -0.2) is 14.2 Å². The number of carbonyl (C=O) groups is 1. The van der Waals surface area contributed by atoms with Gasteiger partial charge in [0, 0.05) is 4.47 Å². The molecule has 0 bridgehead atoms. The van der Waals surface area contributed by atoms with Gasteiger partial charge in [-0.05, 0) is 18.2 Å². The first-order valence-corrected chi connectivity index (χ1v) is 5.63. The van der Waals surface area contributed by atoms with Gasteiger partial charge in [-0.3, -0.25) is 4.98 Å². The third-order valence-corrected chi connectivity index (χ3v) is 2.54. The van der Waals surface area contributed by atoms with E-state index in [0.29, 0.717) is 4.47 Å². The van der Waals surface area contributed by atoms with E-state index in [0.717, 1.165) is 6.20 Å². The van der Waals surface area contributed by atoms with Gasteiger partial charge in [0.15, 0.2) is 5.69 Å². The van der Waals surface area contributed by atoms with E-state index >= 15 is 0 Å². The number of carboxylic acids is 1. The van der Waals surface area contributed by atoms with Crippen molar-refractivity contribution in [3.63, 3.8) is 0 Å². The monoisotopic (exact) mass is 311 g/mol. The topological polar surface area (TPSA) is 75.1 Å². The summed E-state index contributed by atoms with van der Waals surface area (Å²) in [6.07, 6.45) is 2.43. The smallest absolute Gasteiger partial charge is 0.356 e. The number of halogens is 2. The van der Waals surface area contributed by atoms with E-state index < -0.39 is 11.8 Å². The van der Waals surface area contributed by atoms with E-state index in [1.807, 2.05) is 0 Å². The quantitative estimate of drug-likeness (QED) is 0.911. The molecule has 0 unspecified atom stereocenters. The van der Waals surface area contributed by atoms with Crippen LogP contribution in [-0.2, 0) is 0 Å². The SMILES string of the molecule is O=C(O)c1cncc(Nc2cc(Br)ccc2F)n1. The molecule has 0 amide bonds. The summed E-state index contributed by atoms with van der Waals surface area (Å²) in [5.74, 6) is -1.51. The molecule has 1 heterocycles. The number of nitrogens with zero attached hydrogens (tertiary/aromatic N) is 2. The molecule has 0 saturated heterocycles. The van der Waals surface area contributed by atoms with Crippen molar-refractivity contribution >= 4 is 33.4 Å². The number of rotatable bonds is 3. The third kappa shape index (κ3) is 2.80. The van der Waals surface area contributed by atoms with Crippen molar-refractivity contribution in [2.45, 2.75) is 0 Å². The van der Waals surface area contributed by atoms with Crippen molar-refractivity contribution < 1.29 is 14.3 Å². The zero-order chi connectivity index (χ0) is 13.1. The fourth-order valence-corrected chi connectivity index (χ4v) is 1.62. The van der Waals surface area contributed by atoms with E-state index in [4.69, 9.17) is 5.11 Å². The van der Waals surface area contributed by atoms with Crippen LogP contribution in [0.5, 0.6) is 0 Å². The Labute approximate surface area is 110 Å². The lowest BCUT2D eigenvalue weighted by molar-refractivity contribution is 0.0690. The zero-order valence-corrected chi connectivity index (χ0v) is 10.5. The van der Waals surface area contributed by atoms with Crippen LogP contribution in [0.4, 0.5) is 15.9 Å². The summed E-state index contributed by atoms with van der Waals surface area (Å²) >= 11 is 3.21. The van der Waals surface area contributed by atoms with E-state index in [1.54, 1.807) is 6.07 Å². The van der Waals surface area contributed by atoms with E-state index in [-0.39, 0.29) is 17.2 Å². The maximum atomic E-state index is 13.5. The molecule has 2 aromatic rings. The van der Waals surface area contributed by atoms with Crippen LogP contribution in [0.1, 0.15) is 10.5 Å². The Bertz CT molecular complexity index is 607. The molecule has 5 nitrogen and oxygen atoms in total. The second-order valence-corrected chi connectivity index (χ2v) is 4.26. The molecule has 7 heteroatoms. The first-order chi connectivity index (χ1) is 8.56. The number of aromatic nitrogens is 2. The summed E-state index contributed by atoms with van der Waals surface area (Å²) in [5.41, 5.74) is -0.0309. The summed E-state index contributed by atoms with van der Waals surface area (Å²) in [5, 5.41) is 11.4. The summed E-state index contributed by atoms with van der Waals surface area (Å²) in [7, 11) is 0. The van der Waals surface area contributed by atoms with Crippen molar-refractivity contribution in [3.8, 4) is 0 Å². The predicted octanol–water partition coefficient (Wildman–Crippen LogP) is 2.82. The second-order valence-electron chi connectivity index (χ2n) is 3.34. The number of aromatic carboxylic acids is 1. The van der Waals surface area contributed by atoms with Crippen LogP contribution >= 0.6 is 15.9 Å². The number of anilines is 2. The van der Waals surface area contributed by atoms with Crippen LogP contribution < -0.4 is 5.32 Å². The van der Waals surface area contributed by atoms with Gasteiger partial charge in [0.25, 0.3) is 0 Å². The molecule has 2 N–H and O–H groups in total. The van der Waals surface area contributed by atoms with Gasteiger partial charge in [0.2, 0.25) is 0 Å². The van der Waals surface area contributed by atoms with Gasteiger partial charge >= 0.3 is 5.97 Å². The largest absolute Gasteiger partial charge is 0.476 e. The maximum absolute atomic E-state index is 13.5. The summed E-state index contributed by atoms with van der Waals surface area (Å²) in [4.78, 5) is 18.2. The molecular weight excluding hydrogens is 305 g/mol. The fraction of sp³-hybridized carbons (Fsp3) is 0. The lowest BCUT2D eigenvalue weighted by Crippen LogP contribution is -2.04. The Balaban J connectivity index is 2.31. The molecule has 0 saturated carbocycles. The minimum absolute atomic E-state index is 0.159. The lowest BCUT2D eigenvalue weighted by Gasteiger charge is -2.07. The van der Waals surface area contributed by atoms with Crippen molar-refractivity contribution in [2.24, 2.45) is 0 Å². The number of carboxylic acid groups (broad SMARTS) is 1. The lowest BCUT2D eigenvalue weighted by atomic mass is 10.3. The highest BCUT2D eigenvalue weighted by Gasteiger charge is 2.08. The van der Waals surface area contributed by atoms with Gasteiger partial charge in [-0.1, -0.05) is 15.9 Å². The minimum Gasteiger partial charge on any atom is -0.476 e. The van der Waals surface area contributed by atoms with E-state index in [1.165, 1.54) is 18.3 Å². The van der Waals surface area contributed by atoms with E-state index in [9.17, 15) is 9.18 Å². The standard InChI is InChI=1S/C11H7BrFN3O2/c12-6-1-2-7(13)8(3-6)15-10-5-14-4-9(16-10)11(17)18/h1-5H,(H,15,16)(H,17,18). The molecule has 18 heavy (non-hydrogen) atoms. The molecule has 0 spiro atoms. The van der Waals surface area contributed by atoms with Gasteiger partial charge in [0.05, 0.1) is 18.1 Å². The van der Waals surface area contributed by atoms with Crippen molar-refractivity contribution in [3.05, 3.63) is 46.6 Å². The van der Waals surface area contributed by atoms with Gasteiger partial charge < -0.3 is 10.4 Å². The predicted molar refractivity (Wildman–Crippen MR) is 66.4 cm³/mol. The normalized spacial score (nSPS) is 10.1. The summed E-state index contributed by atoms with van der Waals surface area (Å²) < 4.78 is 14.2. The Morgan fingerprint density at radius 3 is 2.89 bits per heavy atom. The number of nitrogens with one attached hydrogen (secondary N) is 1. The Morgan fingerprint density at radius 2 is 2.17 bits per heavy atom. The summed E-state index contributed by atoms with van der Waals surface area (Å²) in [6, 6.07) is 4.35. The molecule has 0 aliphatic rings. The summed E-state index contributed by atoms with van der Waals surface area (Å²) in [6.45, 7) is 0. The van der Waals surface area contributed by atoms with Gasteiger partial charge in [0.1, 0.15) is 11.6 Å². The van der Waals surface area contributed by atoms with E-state index in [2.05, 4.69) is 31.2 Å². The van der Waals surface area contributed by atoms with Crippen LogP contribution in [0.2, 0.25) is 0 Å². The molecule has 92 valence electrons. The van der Waals surface area contributed by atoms with Gasteiger partial charge in [-0.15, -0.1) is 0 Å². The first-order valence-electron chi connectivity index (χ1n) is 4.83. The average Bonchev–Trinajstić information content (AvgIpc) is 2.34. The maximum Gasteiger partial charge on any atom is 0.356 e. The fourth-order valence-electron chi connectivity index (χ4n) is 1.26. The highest BCUT2D eigenvalue weighted by molar-refractivity contribution is 9.10. The Hall–Kier alpha value is -2.02. The Morgan fingerprint density at radius 1 is 1.39 bits per heavy atom. The molecule has 0 fully saturated rings. The molecule has 0 aliphatic heterocycles. The molecule has 0 atom stereocenters. The molecule has 1 aromatic carbocycles. The highest BCUT2D eigenvalue weighted by atomic mass is 79.9. The van der Waals surface area contributed by atoms with Crippen LogP contribution in [0.25, 0.3) is 0 Å². The van der Waals surface area contributed by atoms with Crippen molar-refractivity contribution in [2.75, 3.05) is 5.32 Å². The first kappa shape index (κ1) is 12.4. The minimum atomic E-state index is -1.19. The number of hydrogen-bond acceptors (Lipinski definition) is 4. The third-order valence-electron chi connectivity index (χ3n) is 2.04. The number of hydrogen-bond donors (Lipinski definition) is 2. The molecule has 2 rings (SSSR count).